The van der Waals surface area contributed by atoms with Crippen molar-refractivity contribution in [2.24, 2.45) is 4.99 Å². The van der Waals surface area contributed by atoms with E-state index in [-0.39, 0.29) is 5.91 Å². The van der Waals surface area contributed by atoms with Crippen molar-refractivity contribution in [3.63, 3.8) is 0 Å². The summed E-state index contributed by atoms with van der Waals surface area (Å²) < 4.78 is 5.35. The molecule has 0 atom stereocenters. The number of benzene rings is 2. The lowest BCUT2D eigenvalue weighted by atomic mass is 10.1. The van der Waals surface area contributed by atoms with Crippen molar-refractivity contribution >= 4 is 22.6 Å². The Labute approximate surface area is 184 Å². The highest BCUT2D eigenvalue weighted by atomic mass is 16.5. The van der Waals surface area contributed by atoms with Crippen molar-refractivity contribution < 1.29 is 9.53 Å². The third-order valence-corrected chi connectivity index (χ3v) is 6.01. The molecule has 4 rings (SSSR count). The van der Waals surface area contributed by atoms with Crippen LogP contribution in [-0.2, 0) is 16.1 Å². The van der Waals surface area contributed by atoms with Gasteiger partial charge in [-0.1, -0.05) is 42.5 Å². The number of hydrogen-bond acceptors (Lipinski definition) is 4. The SMILES string of the molecule is CCNC(=NCc1cccc2ccccc12)N1CCN(CC(=O)N2CCOCC2)CC1. The third kappa shape index (κ3) is 5.54. The average molecular weight is 424 g/mol. The molecule has 1 amide bonds. The molecule has 7 nitrogen and oxygen atoms in total. The minimum Gasteiger partial charge on any atom is -0.378 e. The molecular weight excluding hydrogens is 390 g/mol. The molecule has 1 N–H and O–H groups in total. The number of aliphatic imine (C=N–C) groups is 1. The van der Waals surface area contributed by atoms with E-state index in [9.17, 15) is 4.79 Å². The maximum Gasteiger partial charge on any atom is 0.236 e. The van der Waals surface area contributed by atoms with Gasteiger partial charge in [-0.15, -0.1) is 0 Å². The molecule has 2 aromatic carbocycles. The minimum absolute atomic E-state index is 0.216. The van der Waals surface area contributed by atoms with Crippen LogP contribution in [0, 0.1) is 0 Å². The molecule has 2 aromatic rings. The molecule has 2 heterocycles. The number of carbonyl (C=O) groups excluding carboxylic acids is 1. The van der Waals surface area contributed by atoms with Crippen LogP contribution in [0.5, 0.6) is 0 Å². The van der Waals surface area contributed by atoms with E-state index >= 15 is 0 Å². The molecule has 31 heavy (non-hydrogen) atoms. The Kier molecular flexibility index (Phi) is 7.38. The smallest absolute Gasteiger partial charge is 0.236 e. The zero-order valence-electron chi connectivity index (χ0n) is 18.4. The van der Waals surface area contributed by atoms with Gasteiger partial charge in [0.25, 0.3) is 0 Å². The second-order valence-electron chi connectivity index (χ2n) is 8.06. The standard InChI is InChI=1S/C24H33N5O2/c1-2-25-24(26-18-21-8-5-7-20-6-3-4-9-22(20)21)29-12-10-27(11-13-29)19-23(30)28-14-16-31-17-15-28/h3-9H,2,10-19H2,1H3,(H,25,26). The fraction of sp³-hybridized carbons (Fsp3) is 0.500. The predicted octanol–water partition coefficient (Wildman–Crippen LogP) is 1.78. The number of guanidine groups is 1. The normalized spacial score (nSPS) is 18.4. The van der Waals surface area contributed by atoms with Gasteiger partial charge in [-0.25, -0.2) is 4.99 Å². The average Bonchev–Trinajstić information content (AvgIpc) is 2.83. The van der Waals surface area contributed by atoms with Crippen molar-refractivity contribution in [1.29, 1.82) is 0 Å². The number of ether oxygens (including phenoxy) is 1. The number of rotatable bonds is 5. The fourth-order valence-electron chi connectivity index (χ4n) is 4.24. The molecule has 0 radical (unpaired) electrons. The van der Waals surface area contributed by atoms with E-state index in [1.807, 2.05) is 4.90 Å². The molecule has 2 fully saturated rings. The molecule has 0 aromatic heterocycles. The molecular formula is C24H33N5O2. The van der Waals surface area contributed by atoms with Crippen LogP contribution in [0.2, 0.25) is 0 Å². The number of fused-ring (bicyclic) bond motifs is 1. The molecule has 2 aliphatic rings. The summed E-state index contributed by atoms with van der Waals surface area (Å²) in [6, 6.07) is 14.9. The molecule has 0 aliphatic carbocycles. The topological polar surface area (TPSA) is 60.4 Å². The van der Waals surface area contributed by atoms with Crippen molar-refractivity contribution in [1.82, 2.24) is 20.0 Å². The van der Waals surface area contributed by atoms with Gasteiger partial charge in [0.15, 0.2) is 5.96 Å². The largest absolute Gasteiger partial charge is 0.378 e. The monoisotopic (exact) mass is 423 g/mol. The van der Waals surface area contributed by atoms with Gasteiger partial charge >= 0.3 is 0 Å². The predicted molar refractivity (Wildman–Crippen MR) is 124 cm³/mol. The fourth-order valence-corrected chi connectivity index (χ4v) is 4.24. The van der Waals surface area contributed by atoms with Gasteiger partial charge < -0.3 is 19.9 Å². The second-order valence-corrected chi connectivity index (χ2v) is 8.06. The quantitative estimate of drug-likeness (QED) is 0.587. The second kappa shape index (κ2) is 10.6. The Hall–Kier alpha value is -2.64. The molecule has 2 aliphatic heterocycles. The highest BCUT2D eigenvalue weighted by Crippen LogP contribution is 2.19. The number of carbonyl (C=O) groups is 1. The van der Waals surface area contributed by atoms with Crippen molar-refractivity contribution in [2.75, 3.05) is 65.6 Å². The van der Waals surface area contributed by atoms with Crippen molar-refractivity contribution in [3.8, 4) is 0 Å². The van der Waals surface area contributed by atoms with E-state index in [0.717, 1.165) is 38.7 Å². The van der Waals surface area contributed by atoms with Crippen LogP contribution in [0.1, 0.15) is 12.5 Å². The number of hydrogen-bond donors (Lipinski definition) is 1. The Balaban J connectivity index is 1.35. The van der Waals surface area contributed by atoms with E-state index in [1.54, 1.807) is 0 Å². The molecule has 166 valence electrons. The van der Waals surface area contributed by atoms with Crippen LogP contribution >= 0.6 is 0 Å². The lowest BCUT2D eigenvalue weighted by molar-refractivity contribution is -0.136. The van der Waals surface area contributed by atoms with Crippen LogP contribution in [0.15, 0.2) is 47.5 Å². The Bertz CT molecular complexity index is 896. The first kappa shape index (κ1) is 21.6. The van der Waals surface area contributed by atoms with Gasteiger partial charge in [0, 0.05) is 45.8 Å². The number of nitrogens with zero attached hydrogens (tertiary/aromatic N) is 4. The molecule has 0 bridgehead atoms. The number of piperazine rings is 1. The third-order valence-electron chi connectivity index (χ3n) is 6.01. The molecule has 0 spiro atoms. The highest BCUT2D eigenvalue weighted by molar-refractivity contribution is 5.86. The molecule has 2 saturated heterocycles. The summed E-state index contributed by atoms with van der Waals surface area (Å²) >= 11 is 0. The van der Waals surface area contributed by atoms with E-state index < -0.39 is 0 Å². The molecule has 0 saturated carbocycles. The van der Waals surface area contributed by atoms with Crippen molar-refractivity contribution in [2.45, 2.75) is 13.5 Å². The van der Waals surface area contributed by atoms with Crippen LogP contribution in [0.3, 0.4) is 0 Å². The number of amides is 1. The first-order chi connectivity index (χ1) is 15.2. The van der Waals surface area contributed by atoms with Crippen LogP contribution in [0.25, 0.3) is 10.8 Å². The Morgan fingerprint density at radius 3 is 2.48 bits per heavy atom. The van der Waals surface area contributed by atoms with E-state index in [2.05, 4.69) is 64.5 Å². The molecule has 7 heteroatoms. The lowest BCUT2D eigenvalue weighted by Crippen LogP contribution is -2.54. The first-order valence-corrected chi connectivity index (χ1v) is 11.3. The zero-order chi connectivity index (χ0) is 21.5. The summed E-state index contributed by atoms with van der Waals surface area (Å²) in [7, 11) is 0. The van der Waals surface area contributed by atoms with Crippen LogP contribution < -0.4 is 5.32 Å². The summed E-state index contributed by atoms with van der Waals surface area (Å²) in [5, 5.41) is 5.96. The maximum absolute atomic E-state index is 12.5. The van der Waals surface area contributed by atoms with Crippen molar-refractivity contribution in [3.05, 3.63) is 48.0 Å². The van der Waals surface area contributed by atoms with E-state index in [4.69, 9.17) is 9.73 Å². The summed E-state index contributed by atoms with van der Waals surface area (Å²) in [6.45, 7) is 10.3. The van der Waals surface area contributed by atoms with Gasteiger partial charge in [0.1, 0.15) is 0 Å². The van der Waals surface area contributed by atoms with Gasteiger partial charge in [0.05, 0.1) is 26.3 Å². The highest BCUT2D eigenvalue weighted by Gasteiger charge is 2.24. The van der Waals surface area contributed by atoms with Gasteiger partial charge in [0.2, 0.25) is 5.91 Å². The summed E-state index contributed by atoms with van der Waals surface area (Å²) in [4.78, 5) is 24.0. The minimum atomic E-state index is 0.216. The summed E-state index contributed by atoms with van der Waals surface area (Å²) in [6.07, 6.45) is 0. The lowest BCUT2D eigenvalue weighted by Gasteiger charge is -2.37. The van der Waals surface area contributed by atoms with Crippen LogP contribution in [0.4, 0.5) is 0 Å². The van der Waals surface area contributed by atoms with Gasteiger partial charge in [-0.05, 0) is 23.3 Å². The molecule has 0 unspecified atom stereocenters. The Morgan fingerprint density at radius 1 is 0.968 bits per heavy atom. The van der Waals surface area contributed by atoms with Gasteiger partial charge in [-0.2, -0.15) is 0 Å². The maximum atomic E-state index is 12.5. The van der Waals surface area contributed by atoms with Gasteiger partial charge in [-0.3, -0.25) is 9.69 Å². The number of morpholine rings is 1. The first-order valence-electron chi connectivity index (χ1n) is 11.3. The zero-order valence-corrected chi connectivity index (χ0v) is 18.4. The Morgan fingerprint density at radius 2 is 1.71 bits per heavy atom. The van der Waals surface area contributed by atoms with E-state index in [0.29, 0.717) is 39.4 Å². The summed E-state index contributed by atoms with van der Waals surface area (Å²) in [5.74, 6) is 1.17. The van der Waals surface area contributed by atoms with Crippen LogP contribution in [-0.4, -0.2) is 92.1 Å². The number of nitrogens with one attached hydrogen (secondary N) is 1. The van der Waals surface area contributed by atoms with E-state index in [1.165, 1.54) is 16.3 Å². The summed E-state index contributed by atoms with van der Waals surface area (Å²) in [5.41, 5.74) is 1.24.